The van der Waals surface area contributed by atoms with Crippen molar-refractivity contribution in [2.24, 2.45) is 0 Å². The lowest BCUT2D eigenvalue weighted by Crippen LogP contribution is -2.31. The number of benzene rings is 1. The first kappa shape index (κ1) is 14.4. The third-order valence-corrected chi connectivity index (χ3v) is 4.84. The highest BCUT2D eigenvalue weighted by molar-refractivity contribution is 5.76. The van der Waals surface area contributed by atoms with Crippen molar-refractivity contribution in [3.63, 3.8) is 0 Å². The van der Waals surface area contributed by atoms with E-state index in [-0.39, 0.29) is 0 Å². The lowest BCUT2D eigenvalue weighted by molar-refractivity contribution is 0.449. The van der Waals surface area contributed by atoms with E-state index < -0.39 is 0 Å². The van der Waals surface area contributed by atoms with Crippen LogP contribution >= 0.6 is 0 Å². The summed E-state index contributed by atoms with van der Waals surface area (Å²) in [6.45, 7) is 5.80. The first-order valence-corrected chi connectivity index (χ1v) is 8.24. The lowest BCUT2D eigenvalue weighted by atomic mass is 10.0. The third kappa shape index (κ3) is 2.76. The summed E-state index contributed by atoms with van der Waals surface area (Å²) >= 11 is 0. The highest BCUT2D eigenvalue weighted by Crippen LogP contribution is 2.44. The maximum Gasteiger partial charge on any atom is 0.144 e. The van der Waals surface area contributed by atoms with Crippen LogP contribution in [0.3, 0.4) is 0 Å². The molecule has 2 aliphatic heterocycles. The smallest absolute Gasteiger partial charge is 0.144 e. The summed E-state index contributed by atoms with van der Waals surface area (Å²) in [6.07, 6.45) is 7.16. The average molecular weight is 290 g/mol. The zero-order valence-electron chi connectivity index (χ0n) is 12.9. The van der Waals surface area contributed by atoms with E-state index in [1.54, 1.807) is 6.07 Å². The zero-order valence-corrected chi connectivity index (χ0v) is 12.9. The Morgan fingerprint density at radius 1 is 0.810 bits per heavy atom. The molecule has 0 aliphatic carbocycles. The van der Waals surface area contributed by atoms with E-state index in [1.165, 1.54) is 12.8 Å². The van der Waals surface area contributed by atoms with Gasteiger partial charge in [0.1, 0.15) is 11.5 Å². The van der Waals surface area contributed by atoms with Crippen LogP contribution in [0, 0.1) is 6.92 Å². The van der Waals surface area contributed by atoms with Gasteiger partial charge in [-0.1, -0.05) is 0 Å². The van der Waals surface area contributed by atoms with Crippen molar-refractivity contribution in [3.8, 4) is 11.5 Å². The first-order valence-electron chi connectivity index (χ1n) is 8.24. The molecule has 0 amide bonds. The normalized spacial score (nSPS) is 19.9. The van der Waals surface area contributed by atoms with Gasteiger partial charge in [0.15, 0.2) is 0 Å². The molecule has 4 heteroatoms. The standard InChI is InChI=1S/C17H26N2O2/c1-13-16(19-10-6-3-7-11-19)15(20)12-14(17(13)21)18-8-4-2-5-9-18/h12,20-21H,2-11H2,1H3. The third-order valence-electron chi connectivity index (χ3n) is 4.84. The second-order valence-electron chi connectivity index (χ2n) is 6.33. The molecule has 3 rings (SSSR count). The Morgan fingerprint density at radius 2 is 1.33 bits per heavy atom. The number of hydrogen-bond acceptors (Lipinski definition) is 4. The van der Waals surface area contributed by atoms with Crippen LogP contribution in [-0.2, 0) is 0 Å². The molecule has 2 heterocycles. The molecular formula is C17H26N2O2. The van der Waals surface area contributed by atoms with Crippen molar-refractivity contribution in [3.05, 3.63) is 11.6 Å². The van der Waals surface area contributed by atoms with Crippen molar-refractivity contribution >= 4 is 11.4 Å². The molecule has 0 spiro atoms. The predicted octanol–water partition coefficient (Wildman–Crippen LogP) is 3.39. The van der Waals surface area contributed by atoms with Crippen molar-refractivity contribution in [2.45, 2.75) is 45.4 Å². The highest BCUT2D eigenvalue weighted by atomic mass is 16.3. The molecule has 2 aliphatic rings. The maximum atomic E-state index is 10.6. The van der Waals surface area contributed by atoms with Crippen molar-refractivity contribution in [1.29, 1.82) is 0 Å². The number of rotatable bonds is 2. The fourth-order valence-corrected chi connectivity index (χ4v) is 3.66. The summed E-state index contributed by atoms with van der Waals surface area (Å²) in [7, 11) is 0. The molecule has 0 unspecified atom stereocenters. The summed E-state index contributed by atoms with van der Waals surface area (Å²) in [6, 6.07) is 1.76. The number of phenolic OH excluding ortho intramolecular Hbond substituents is 2. The molecular weight excluding hydrogens is 264 g/mol. The van der Waals surface area contributed by atoms with Gasteiger partial charge >= 0.3 is 0 Å². The largest absolute Gasteiger partial charge is 0.506 e. The minimum absolute atomic E-state index is 0.313. The molecule has 0 radical (unpaired) electrons. The lowest BCUT2D eigenvalue weighted by Gasteiger charge is -2.34. The van der Waals surface area contributed by atoms with Crippen LogP contribution in [0.5, 0.6) is 11.5 Å². The molecule has 0 saturated carbocycles. The quantitative estimate of drug-likeness (QED) is 0.820. The fourth-order valence-electron chi connectivity index (χ4n) is 3.66. The van der Waals surface area contributed by atoms with Crippen molar-refractivity contribution in [2.75, 3.05) is 36.0 Å². The van der Waals surface area contributed by atoms with Gasteiger partial charge in [0, 0.05) is 37.8 Å². The Labute approximate surface area is 127 Å². The Balaban J connectivity index is 1.94. The molecule has 1 aromatic rings. The number of anilines is 2. The number of aromatic hydroxyl groups is 2. The summed E-state index contributed by atoms with van der Waals surface area (Å²) in [5.41, 5.74) is 2.44. The number of hydrogen-bond donors (Lipinski definition) is 2. The number of phenols is 2. The van der Waals surface area contributed by atoms with Gasteiger partial charge in [-0.2, -0.15) is 0 Å². The van der Waals surface area contributed by atoms with Crippen molar-refractivity contribution < 1.29 is 10.2 Å². The monoisotopic (exact) mass is 290 g/mol. The van der Waals surface area contributed by atoms with Crippen LogP contribution in [0.15, 0.2) is 6.07 Å². The van der Waals surface area contributed by atoms with Crippen LogP contribution in [0.4, 0.5) is 11.4 Å². The van der Waals surface area contributed by atoms with Crippen LogP contribution in [-0.4, -0.2) is 36.4 Å². The second-order valence-corrected chi connectivity index (χ2v) is 6.33. The molecule has 0 atom stereocenters. The Kier molecular flexibility index (Phi) is 4.13. The zero-order chi connectivity index (χ0) is 14.8. The Hall–Kier alpha value is -1.58. The van der Waals surface area contributed by atoms with Gasteiger partial charge in [-0.15, -0.1) is 0 Å². The van der Waals surface area contributed by atoms with Gasteiger partial charge in [0.05, 0.1) is 11.4 Å². The Bertz CT molecular complexity index is 504. The summed E-state index contributed by atoms with van der Waals surface area (Å²) in [4.78, 5) is 4.42. The van der Waals surface area contributed by atoms with Gasteiger partial charge in [-0.05, 0) is 45.4 Å². The van der Waals surface area contributed by atoms with Crippen LogP contribution in [0.2, 0.25) is 0 Å². The summed E-state index contributed by atoms with van der Waals surface area (Å²) in [5, 5.41) is 21.1. The highest BCUT2D eigenvalue weighted by Gasteiger charge is 2.23. The van der Waals surface area contributed by atoms with E-state index >= 15 is 0 Å². The van der Waals surface area contributed by atoms with E-state index in [0.29, 0.717) is 11.5 Å². The average Bonchev–Trinajstić information content (AvgIpc) is 2.53. The molecule has 116 valence electrons. The van der Waals surface area contributed by atoms with E-state index in [2.05, 4.69) is 9.80 Å². The molecule has 2 saturated heterocycles. The molecule has 4 nitrogen and oxygen atoms in total. The second kappa shape index (κ2) is 6.04. The maximum absolute atomic E-state index is 10.6. The van der Waals surface area contributed by atoms with Crippen molar-refractivity contribution in [1.82, 2.24) is 0 Å². The first-order chi connectivity index (χ1) is 10.2. The van der Waals surface area contributed by atoms with Gasteiger partial charge in [0.2, 0.25) is 0 Å². The van der Waals surface area contributed by atoms with E-state index in [1.807, 2.05) is 6.92 Å². The Morgan fingerprint density at radius 3 is 1.90 bits per heavy atom. The molecule has 2 N–H and O–H groups in total. The molecule has 1 aromatic carbocycles. The molecule has 21 heavy (non-hydrogen) atoms. The number of nitrogens with zero attached hydrogens (tertiary/aromatic N) is 2. The van der Waals surface area contributed by atoms with E-state index in [4.69, 9.17) is 0 Å². The van der Waals surface area contributed by atoms with Crippen LogP contribution in [0.25, 0.3) is 0 Å². The van der Waals surface area contributed by atoms with Gasteiger partial charge in [-0.3, -0.25) is 0 Å². The van der Waals surface area contributed by atoms with Gasteiger partial charge in [-0.25, -0.2) is 0 Å². The van der Waals surface area contributed by atoms with Crippen LogP contribution < -0.4 is 9.80 Å². The van der Waals surface area contributed by atoms with Crippen LogP contribution in [0.1, 0.15) is 44.1 Å². The SMILES string of the molecule is Cc1c(O)c(N2CCCCC2)cc(O)c1N1CCCCC1. The summed E-state index contributed by atoms with van der Waals surface area (Å²) in [5.74, 6) is 0.656. The molecule has 0 bridgehead atoms. The predicted molar refractivity (Wildman–Crippen MR) is 86.6 cm³/mol. The van der Waals surface area contributed by atoms with Gasteiger partial charge < -0.3 is 20.0 Å². The van der Waals surface area contributed by atoms with E-state index in [9.17, 15) is 10.2 Å². The molecule has 2 fully saturated rings. The minimum Gasteiger partial charge on any atom is -0.506 e. The topological polar surface area (TPSA) is 46.9 Å². The minimum atomic E-state index is 0.313. The molecule has 0 aromatic heterocycles. The summed E-state index contributed by atoms with van der Waals surface area (Å²) < 4.78 is 0. The van der Waals surface area contributed by atoms with Gasteiger partial charge in [0.25, 0.3) is 0 Å². The van der Waals surface area contributed by atoms with E-state index in [0.717, 1.165) is 68.8 Å². The number of piperidine rings is 2. The fraction of sp³-hybridized carbons (Fsp3) is 0.647.